The predicted octanol–water partition coefficient (Wildman–Crippen LogP) is 3.02. The molecule has 1 saturated heterocycles. The zero-order chi connectivity index (χ0) is 21.3. The van der Waals surface area contributed by atoms with Crippen molar-refractivity contribution < 1.29 is 22.8 Å². The van der Waals surface area contributed by atoms with Crippen LogP contribution < -0.4 is 15.5 Å². The molecule has 30 heavy (non-hydrogen) atoms. The van der Waals surface area contributed by atoms with E-state index in [1.807, 2.05) is 34.5 Å². The van der Waals surface area contributed by atoms with E-state index in [0.717, 1.165) is 18.2 Å². The van der Waals surface area contributed by atoms with Crippen molar-refractivity contribution in [3.8, 4) is 0 Å². The highest BCUT2D eigenvalue weighted by molar-refractivity contribution is 6.07. The van der Waals surface area contributed by atoms with Crippen molar-refractivity contribution in [1.29, 1.82) is 0 Å². The molecule has 9 heteroatoms. The molecule has 2 fully saturated rings. The van der Waals surface area contributed by atoms with Gasteiger partial charge in [0.1, 0.15) is 12.4 Å². The third kappa shape index (κ3) is 4.83. The van der Waals surface area contributed by atoms with Gasteiger partial charge in [0.15, 0.2) is 0 Å². The molecule has 0 spiro atoms. The zero-order valence-corrected chi connectivity index (χ0v) is 16.3. The maximum absolute atomic E-state index is 12.8. The molecule has 1 aromatic carbocycles. The van der Waals surface area contributed by atoms with E-state index < -0.39 is 24.5 Å². The molecular formula is C21H23F3N4O2. The van der Waals surface area contributed by atoms with Gasteiger partial charge in [-0.2, -0.15) is 13.2 Å². The molecule has 4 rings (SSSR count). The summed E-state index contributed by atoms with van der Waals surface area (Å²) < 4.78 is 37.2. The lowest BCUT2D eigenvalue weighted by molar-refractivity contribution is -0.140. The van der Waals surface area contributed by atoms with Gasteiger partial charge in [-0.05, 0) is 37.8 Å². The second-order valence-electron chi connectivity index (χ2n) is 7.91. The van der Waals surface area contributed by atoms with Gasteiger partial charge in [0.25, 0.3) is 5.91 Å². The molecular weight excluding hydrogens is 397 g/mol. The van der Waals surface area contributed by atoms with Crippen LogP contribution in [0.25, 0.3) is 10.9 Å². The van der Waals surface area contributed by atoms with Crippen molar-refractivity contribution in [1.82, 2.24) is 15.6 Å². The van der Waals surface area contributed by atoms with Gasteiger partial charge in [0.05, 0.1) is 17.0 Å². The van der Waals surface area contributed by atoms with Crippen LogP contribution in [0.2, 0.25) is 0 Å². The Balaban J connectivity index is 1.56. The maximum atomic E-state index is 12.8. The van der Waals surface area contributed by atoms with Gasteiger partial charge in [-0.1, -0.05) is 18.2 Å². The van der Waals surface area contributed by atoms with E-state index in [2.05, 4.69) is 10.3 Å². The Kier molecular flexibility index (Phi) is 5.53. The topological polar surface area (TPSA) is 74.3 Å². The predicted molar refractivity (Wildman–Crippen MR) is 106 cm³/mol. The SMILES string of the molecule is O=C(NC1CC1)c1cc(N2CCCC(C(=O)NCC(F)(F)F)C2)nc2ccccc12. The number of hydrogen-bond donors (Lipinski definition) is 2. The number of alkyl halides is 3. The van der Waals surface area contributed by atoms with Gasteiger partial charge in [-0.25, -0.2) is 4.98 Å². The van der Waals surface area contributed by atoms with Crippen molar-refractivity contribution >= 4 is 28.5 Å². The molecule has 2 N–H and O–H groups in total. The molecule has 2 aromatic rings. The van der Waals surface area contributed by atoms with Gasteiger partial charge < -0.3 is 15.5 Å². The second kappa shape index (κ2) is 8.12. The molecule has 2 heterocycles. The largest absolute Gasteiger partial charge is 0.405 e. The summed E-state index contributed by atoms with van der Waals surface area (Å²) in [7, 11) is 0. The van der Waals surface area contributed by atoms with E-state index in [4.69, 9.17) is 0 Å². The highest BCUT2D eigenvalue weighted by Crippen LogP contribution is 2.28. The van der Waals surface area contributed by atoms with E-state index in [9.17, 15) is 22.8 Å². The van der Waals surface area contributed by atoms with Crippen LogP contribution in [-0.2, 0) is 4.79 Å². The monoisotopic (exact) mass is 420 g/mol. The van der Waals surface area contributed by atoms with Crippen LogP contribution in [0.3, 0.4) is 0 Å². The van der Waals surface area contributed by atoms with E-state index >= 15 is 0 Å². The summed E-state index contributed by atoms with van der Waals surface area (Å²) in [5.41, 5.74) is 1.19. The van der Waals surface area contributed by atoms with E-state index in [-0.39, 0.29) is 18.5 Å². The summed E-state index contributed by atoms with van der Waals surface area (Å²) in [5, 5.41) is 5.72. The zero-order valence-electron chi connectivity index (χ0n) is 16.3. The fourth-order valence-electron chi connectivity index (χ4n) is 3.73. The van der Waals surface area contributed by atoms with Gasteiger partial charge in [0, 0.05) is 24.5 Å². The average molecular weight is 420 g/mol. The molecule has 160 valence electrons. The first kappa shape index (κ1) is 20.4. The summed E-state index contributed by atoms with van der Waals surface area (Å²) >= 11 is 0. The highest BCUT2D eigenvalue weighted by atomic mass is 19.4. The molecule has 1 atom stereocenters. The van der Waals surface area contributed by atoms with Crippen LogP contribution in [0.1, 0.15) is 36.0 Å². The van der Waals surface area contributed by atoms with Crippen molar-refractivity contribution in [2.75, 3.05) is 24.5 Å². The lowest BCUT2D eigenvalue weighted by Gasteiger charge is -2.33. The summed E-state index contributed by atoms with van der Waals surface area (Å²) in [5.74, 6) is -0.764. The molecule has 0 radical (unpaired) electrons. The minimum Gasteiger partial charge on any atom is -0.356 e. The van der Waals surface area contributed by atoms with E-state index in [0.29, 0.717) is 36.3 Å². The lowest BCUT2D eigenvalue weighted by atomic mass is 9.96. The molecule has 2 aliphatic rings. The number of benzene rings is 1. The minimum atomic E-state index is -4.44. The van der Waals surface area contributed by atoms with Gasteiger partial charge >= 0.3 is 6.18 Å². The first-order chi connectivity index (χ1) is 14.3. The van der Waals surface area contributed by atoms with Crippen molar-refractivity contribution in [2.45, 2.75) is 37.9 Å². The van der Waals surface area contributed by atoms with Gasteiger partial charge in [0.2, 0.25) is 5.91 Å². The highest BCUT2D eigenvalue weighted by Gasteiger charge is 2.32. The Bertz CT molecular complexity index is 959. The summed E-state index contributed by atoms with van der Waals surface area (Å²) in [6.07, 6.45) is -1.32. The smallest absolute Gasteiger partial charge is 0.356 e. The third-order valence-electron chi connectivity index (χ3n) is 5.44. The van der Waals surface area contributed by atoms with Crippen molar-refractivity contribution in [2.24, 2.45) is 5.92 Å². The Morgan fingerprint density at radius 1 is 1.17 bits per heavy atom. The molecule has 1 aliphatic heterocycles. The number of piperidine rings is 1. The fraction of sp³-hybridized carbons (Fsp3) is 0.476. The number of nitrogens with one attached hydrogen (secondary N) is 2. The maximum Gasteiger partial charge on any atom is 0.405 e. The van der Waals surface area contributed by atoms with Crippen molar-refractivity contribution in [3.63, 3.8) is 0 Å². The number of aromatic nitrogens is 1. The number of halogens is 3. The summed E-state index contributed by atoms with van der Waals surface area (Å²) in [6, 6.07) is 9.28. The number of carbonyl (C=O) groups is 2. The Labute approximate surface area is 171 Å². The van der Waals surface area contributed by atoms with Gasteiger partial charge in [-0.3, -0.25) is 9.59 Å². The number of rotatable bonds is 5. The average Bonchev–Trinajstić information content (AvgIpc) is 3.54. The summed E-state index contributed by atoms with van der Waals surface area (Å²) in [6.45, 7) is -0.446. The number of nitrogens with zero attached hydrogens (tertiary/aromatic N) is 2. The second-order valence-corrected chi connectivity index (χ2v) is 7.91. The molecule has 0 bridgehead atoms. The lowest BCUT2D eigenvalue weighted by Crippen LogP contribution is -2.45. The fourth-order valence-corrected chi connectivity index (χ4v) is 3.73. The first-order valence-corrected chi connectivity index (χ1v) is 10.1. The van der Waals surface area contributed by atoms with Crippen LogP contribution in [-0.4, -0.2) is 48.7 Å². The number of amides is 2. The first-order valence-electron chi connectivity index (χ1n) is 10.1. The van der Waals surface area contributed by atoms with Crippen LogP contribution in [0, 0.1) is 5.92 Å². The normalized spacial score (nSPS) is 19.6. The molecule has 1 aliphatic carbocycles. The number of carbonyl (C=O) groups excluding carboxylic acids is 2. The van der Waals surface area contributed by atoms with Crippen molar-refractivity contribution in [3.05, 3.63) is 35.9 Å². The number of pyridine rings is 1. The third-order valence-corrected chi connectivity index (χ3v) is 5.44. The molecule has 1 saturated carbocycles. The Morgan fingerprint density at radius 2 is 1.93 bits per heavy atom. The number of para-hydroxylation sites is 1. The molecule has 1 aromatic heterocycles. The van der Waals surface area contributed by atoms with E-state index in [1.54, 1.807) is 6.07 Å². The van der Waals surface area contributed by atoms with Crippen LogP contribution >= 0.6 is 0 Å². The molecule has 1 unspecified atom stereocenters. The number of hydrogen-bond acceptors (Lipinski definition) is 4. The minimum absolute atomic E-state index is 0.158. The van der Waals surface area contributed by atoms with E-state index in [1.165, 1.54) is 0 Å². The molecule has 2 amide bonds. The number of fused-ring (bicyclic) bond motifs is 1. The molecule has 6 nitrogen and oxygen atoms in total. The van der Waals surface area contributed by atoms with Gasteiger partial charge in [-0.15, -0.1) is 0 Å². The number of anilines is 1. The summed E-state index contributed by atoms with van der Waals surface area (Å²) in [4.78, 5) is 31.5. The van der Waals surface area contributed by atoms with Crippen LogP contribution in [0.5, 0.6) is 0 Å². The van der Waals surface area contributed by atoms with Crippen LogP contribution in [0.15, 0.2) is 30.3 Å². The Morgan fingerprint density at radius 3 is 2.67 bits per heavy atom. The quantitative estimate of drug-likeness (QED) is 0.780. The Hall–Kier alpha value is -2.84. The standard InChI is InChI=1S/C21H23F3N4O2/c22-21(23,24)12-25-19(29)13-4-3-9-28(11-13)18-10-16(20(30)26-14-7-8-14)15-5-1-2-6-17(15)27-18/h1-2,5-6,10,13-14H,3-4,7-9,11-12H2,(H,25,29)(H,26,30). The van der Waals surface area contributed by atoms with Crippen LogP contribution in [0.4, 0.5) is 19.0 Å².